The van der Waals surface area contributed by atoms with E-state index in [0.717, 1.165) is 12.1 Å². The second-order valence-electron chi connectivity index (χ2n) is 3.28. The van der Waals surface area contributed by atoms with Crippen LogP contribution in [0.15, 0.2) is 12.5 Å². The van der Waals surface area contributed by atoms with E-state index in [4.69, 9.17) is 0 Å². The Kier molecular flexibility index (Phi) is 1.86. The molecule has 4 nitrogen and oxygen atoms in total. The summed E-state index contributed by atoms with van der Waals surface area (Å²) in [4.78, 5) is 4.03. The fourth-order valence-corrected chi connectivity index (χ4v) is 1.65. The van der Waals surface area contributed by atoms with Crippen LogP contribution in [0, 0.1) is 0 Å². The van der Waals surface area contributed by atoms with Crippen molar-refractivity contribution in [1.82, 2.24) is 14.9 Å². The maximum Gasteiger partial charge on any atom is 0.0946 e. The lowest BCUT2D eigenvalue weighted by Crippen LogP contribution is -2.16. The number of nitrogens with zero attached hydrogens (tertiary/aromatic N) is 2. The summed E-state index contributed by atoms with van der Waals surface area (Å²) >= 11 is 0. The third-order valence-electron chi connectivity index (χ3n) is 2.32. The molecule has 1 fully saturated rings. The molecular formula is C8H13N3O. The lowest BCUT2D eigenvalue weighted by molar-refractivity contribution is 0.193. The number of aromatic nitrogens is 2. The first-order valence-electron chi connectivity index (χ1n) is 4.15. The van der Waals surface area contributed by atoms with Crippen molar-refractivity contribution in [3.05, 3.63) is 18.2 Å². The number of rotatable bonds is 1. The van der Waals surface area contributed by atoms with E-state index in [-0.39, 0.29) is 12.1 Å². The molecule has 1 aromatic rings. The van der Waals surface area contributed by atoms with E-state index in [1.54, 1.807) is 6.33 Å². The smallest absolute Gasteiger partial charge is 0.0946 e. The monoisotopic (exact) mass is 167 g/mol. The number of aliphatic hydroxyl groups is 1. The lowest BCUT2D eigenvalue weighted by atomic mass is 10.1. The Morgan fingerprint density at radius 2 is 2.58 bits per heavy atom. The summed E-state index contributed by atoms with van der Waals surface area (Å²) in [6.45, 7) is 0.690. The highest BCUT2D eigenvalue weighted by atomic mass is 16.3. The second-order valence-corrected chi connectivity index (χ2v) is 3.28. The zero-order valence-electron chi connectivity index (χ0n) is 7.07. The van der Waals surface area contributed by atoms with Gasteiger partial charge in [-0.05, 0) is 6.42 Å². The van der Waals surface area contributed by atoms with Gasteiger partial charge < -0.3 is 15.0 Å². The molecule has 0 radical (unpaired) electrons. The Hall–Kier alpha value is -0.870. The molecule has 0 amide bonds. The van der Waals surface area contributed by atoms with E-state index in [1.165, 1.54) is 0 Å². The minimum atomic E-state index is -0.204. The van der Waals surface area contributed by atoms with Crippen LogP contribution in [0.4, 0.5) is 0 Å². The normalized spacial score (nSPS) is 29.5. The quantitative estimate of drug-likeness (QED) is 0.610. The standard InChI is InChI=1S/C8H13N3O/c1-11-5-9-4-8(11)7-2-6(12)3-10-7/h4-7,10,12H,2-3H2,1H3. The van der Waals surface area contributed by atoms with E-state index in [1.807, 2.05) is 17.8 Å². The zero-order valence-corrected chi connectivity index (χ0v) is 7.07. The summed E-state index contributed by atoms with van der Waals surface area (Å²) in [5.74, 6) is 0. The van der Waals surface area contributed by atoms with Gasteiger partial charge in [0.1, 0.15) is 0 Å². The van der Waals surface area contributed by atoms with Gasteiger partial charge in [0.05, 0.1) is 24.2 Å². The van der Waals surface area contributed by atoms with Gasteiger partial charge in [-0.2, -0.15) is 0 Å². The number of β-amino-alcohol motifs (C(OH)–C–C–N with tert-alkyl or cyclic N) is 1. The molecule has 2 N–H and O–H groups in total. The predicted octanol–water partition coefficient (Wildman–Crippen LogP) is -0.185. The van der Waals surface area contributed by atoms with Crippen LogP contribution in [-0.4, -0.2) is 27.3 Å². The van der Waals surface area contributed by atoms with Crippen molar-refractivity contribution < 1.29 is 5.11 Å². The summed E-state index contributed by atoms with van der Waals surface area (Å²) < 4.78 is 1.98. The Morgan fingerprint density at radius 3 is 3.08 bits per heavy atom. The van der Waals surface area contributed by atoms with Crippen molar-refractivity contribution in [2.45, 2.75) is 18.6 Å². The molecule has 0 aromatic carbocycles. The van der Waals surface area contributed by atoms with Crippen LogP contribution in [0.3, 0.4) is 0 Å². The largest absolute Gasteiger partial charge is 0.392 e. The van der Waals surface area contributed by atoms with Crippen LogP contribution in [0.5, 0.6) is 0 Å². The molecule has 2 heterocycles. The first kappa shape index (κ1) is 7.76. The highest BCUT2D eigenvalue weighted by molar-refractivity contribution is 5.07. The first-order chi connectivity index (χ1) is 5.77. The molecule has 0 spiro atoms. The van der Waals surface area contributed by atoms with Crippen LogP contribution in [0.1, 0.15) is 18.2 Å². The van der Waals surface area contributed by atoms with Crippen LogP contribution in [0.2, 0.25) is 0 Å². The van der Waals surface area contributed by atoms with E-state index in [9.17, 15) is 5.11 Å². The van der Waals surface area contributed by atoms with Gasteiger partial charge in [-0.3, -0.25) is 0 Å². The summed E-state index contributed by atoms with van der Waals surface area (Å²) in [5.41, 5.74) is 1.14. The van der Waals surface area contributed by atoms with Crippen LogP contribution < -0.4 is 5.32 Å². The number of hydrogen-bond acceptors (Lipinski definition) is 3. The molecule has 2 rings (SSSR count). The predicted molar refractivity (Wildman–Crippen MR) is 44.6 cm³/mol. The van der Waals surface area contributed by atoms with Crippen molar-refractivity contribution in [2.24, 2.45) is 7.05 Å². The molecule has 2 atom stereocenters. The van der Waals surface area contributed by atoms with Crippen molar-refractivity contribution in [1.29, 1.82) is 0 Å². The molecule has 1 aliphatic rings. The average molecular weight is 167 g/mol. The van der Waals surface area contributed by atoms with Crippen molar-refractivity contribution in [2.75, 3.05) is 6.54 Å². The zero-order chi connectivity index (χ0) is 8.55. The van der Waals surface area contributed by atoms with E-state index in [0.29, 0.717) is 6.54 Å². The van der Waals surface area contributed by atoms with Crippen molar-refractivity contribution in [3.8, 4) is 0 Å². The summed E-state index contributed by atoms with van der Waals surface area (Å²) in [6, 6.07) is 0.271. The molecule has 66 valence electrons. The van der Waals surface area contributed by atoms with E-state index >= 15 is 0 Å². The van der Waals surface area contributed by atoms with Crippen LogP contribution >= 0.6 is 0 Å². The summed E-state index contributed by atoms with van der Waals surface area (Å²) in [5, 5.41) is 12.5. The minimum absolute atomic E-state index is 0.204. The van der Waals surface area contributed by atoms with Gasteiger partial charge in [0.25, 0.3) is 0 Å². The van der Waals surface area contributed by atoms with Gasteiger partial charge in [0, 0.05) is 19.8 Å². The topological polar surface area (TPSA) is 50.1 Å². The van der Waals surface area contributed by atoms with E-state index < -0.39 is 0 Å². The number of nitrogens with one attached hydrogen (secondary N) is 1. The van der Waals surface area contributed by atoms with Crippen molar-refractivity contribution in [3.63, 3.8) is 0 Å². The fourth-order valence-electron chi connectivity index (χ4n) is 1.65. The SMILES string of the molecule is Cn1cncc1C1CC(O)CN1. The third-order valence-corrected chi connectivity index (χ3v) is 2.32. The van der Waals surface area contributed by atoms with Gasteiger partial charge in [0.2, 0.25) is 0 Å². The highest BCUT2D eigenvalue weighted by Gasteiger charge is 2.24. The first-order valence-corrected chi connectivity index (χ1v) is 4.15. The van der Waals surface area contributed by atoms with E-state index in [2.05, 4.69) is 10.3 Å². The molecule has 2 unspecified atom stereocenters. The van der Waals surface area contributed by atoms with Crippen LogP contribution in [0.25, 0.3) is 0 Å². The van der Waals surface area contributed by atoms with Gasteiger partial charge in [-0.1, -0.05) is 0 Å². The minimum Gasteiger partial charge on any atom is -0.392 e. The third kappa shape index (κ3) is 1.23. The number of imidazole rings is 1. The summed E-state index contributed by atoms with van der Waals surface area (Å²) in [6.07, 6.45) is 4.21. The Balaban J connectivity index is 2.16. The molecule has 1 aromatic heterocycles. The number of hydrogen-bond donors (Lipinski definition) is 2. The molecule has 1 aliphatic heterocycles. The Labute approximate surface area is 71.2 Å². The average Bonchev–Trinajstić information content (AvgIpc) is 2.58. The maximum absolute atomic E-state index is 9.30. The van der Waals surface area contributed by atoms with Gasteiger partial charge >= 0.3 is 0 Å². The number of aryl methyl sites for hydroxylation is 1. The maximum atomic E-state index is 9.30. The highest BCUT2D eigenvalue weighted by Crippen LogP contribution is 2.21. The number of aliphatic hydroxyl groups excluding tert-OH is 1. The second kappa shape index (κ2) is 2.88. The lowest BCUT2D eigenvalue weighted by Gasteiger charge is -2.09. The van der Waals surface area contributed by atoms with Gasteiger partial charge in [-0.25, -0.2) is 4.98 Å². The molecule has 0 aliphatic carbocycles. The van der Waals surface area contributed by atoms with Crippen LogP contribution in [-0.2, 0) is 7.05 Å². The molecule has 1 saturated heterocycles. The van der Waals surface area contributed by atoms with Crippen molar-refractivity contribution >= 4 is 0 Å². The molecule has 0 bridgehead atoms. The van der Waals surface area contributed by atoms with Gasteiger partial charge in [0.15, 0.2) is 0 Å². The Morgan fingerprint density at radius 1 is 1.75 bits per heavy atom. The molecule has 4 heteroatoms. The molecular weight excluding hydrogens is 154 g/mol. The summed E-state index contributed by atoms with van der Waals surface area (Å²) in [7, 11) is 1.97. The van der Waals surface area contributed by atoms with Gasteiger partial charge in [-0.15, -0.1) is 0 Å². The Bertz CT molecular complexity index is 271. The molecule has 0 saturated carbocycles. The fraction of sp³-hybridized carbons (Fsp3) is 0.625. The molecule has 12 heavy (non-hydrogen) atoms.